The summed E-state index contributed by atoms with van der Waals surface area (Å²) >= 11 is 0.355. The first-order valence-corrected chi connectivity index (χ1v) is 4.08. The van der Waals surface area contributed by atoms with E-state index in [9.17, 15) is 4.21 Å². The van der Waals surface area contributed by atoms with Crippen molar-refractivity contribution in [2.24, 2.45) is 0 Å². The summed E-state index contributed by atoms with van der Waals surface area (Å²) in [6.07, 6.45) is 1.59. The third-order valence-corrected chi connectivity index (χ3v) is 1.99. The molecule has 0 saturated carbocycles. The van der Waals surface area contributed by atoms with E-state index < -0.39 is 0 Å². The zero-order chi connectivity index (χ0) is 8.39. The van der Waals surface area contributed by atoms with Crippen LogP contribution < -0.4 is 0 Å². The maximum Gasteiger partial charge on any atom is 0.529 e. The first kappa shape index (κ1) is 7.24. The number of benzene rings is 1. The maximum absolute atomic E-state index is 10.5. The number of aromatic nitrogens is 2. The van der Waals surface area contributed by atoms with E-state index in [1.54, 1.807) is 12.3 Å². The van der Waals surface area contributed by atoms with Crippen LogP contribution in [-0.4, -0.2) is 10.2 Å². The summed E-state index contributed by atoms with van der Waals surface area (Å²) in [5, 5.41) is 9.43. The third-order valence-electron chi connectivity index (χ3n) is 1.53. The summed E-state index contributed by atoms with van der Waals surface area (Å²) in [6, 6.07) is 8.41. The number of fused-ring (bicyclic) bond motifs is 1. The molecule has 0 fully saturated rings. The zero-order valence-electron chi connectivity index (χ0n) is 6.02. The van der Waals surface area contributed by atoms with E-state index in [0.717, 1.165) is 10.8 Å². The van der Waals surface area contributed by atoms with Crippen LogP contribution in [0, 0.1) is 6.07 Å². The van der Waals surface area contributed by atoms with Crippen molar-refractivity contribution in [2.45, 2.75) is 5.03 Å². The first-order chi connectivity index (χ1) is 5.92. The lowest BCUT2D eigenvalue weighted by molar-refractivity contribution is 0.603. The predicted octanol–water partition coefficient (Wildman–Crippen LogP) is 1.22. The molecule has 1 radical (unpaired) electrons. The molecule has 3 nitrogen and oxygen atoms in total. The second-order valence-corrected chi connectivity index (χ2v) is 2.78. The van der Waals surface area contributed by atoms with Crippen LogP contribution >= 0.6 is 0 Å². The molecule has 2 rings (SSSR count). The van der Waals surface area contributed by atoms with Crippen LogP contribution in [-0.2, 0) is 15.9 Å². The summed E-state index contributed by atoms with van der Waals surface area (Å²) in [5.41, 5.74) is 0. The van der Waals surface area contributed by atoms with Gasteiger partial charge in [0.2, 0.25) is 0 Å². The molecule has 2 aromatic rings. The van der Waals surface area contributed by atoms with Crippen LogP contribution in [0.2, 0.25) is 0 Å². The molecule has 0 saturated heterocycles. The molecule has 0 aliphatic heterocycles. The van der Waals surface area contributed by atoms with Gasteiger partial charge in [-0.1, -0.05) is 17.2 Å². The van der Waals surface area contributed by atoms with E-state index in [2.05, 4.69) is 16.3 Å². The Morgan fingerprint density at radius 3 is 3.25 bits per heavy atom. The minimum absolute atomic E-state index is 0.355. The summed E-state index contributed by atoms with van der Waals surface area (Å²) in [4.78, 5) is 0. The number of rotatable bonds is 1. The van der Waals surface area contributed by atoms with Gasteiger partial charge < -0.3 is 0 Å². The Bertz CT molecular complexity index is 425. The van der Waals surface area contributed by atoms with Crippen molar-refractivity contribution in [3.63, 3.8) is 0 Å². The van der Waals surface area contributed by atoms with Gasteiger partial charge in [0.1, 0.15) is 0 Å². The van der Waals surface area contributed by atoms with E-state index in [4.69, 9.17) is 0 Å². The summed E-state index contributed by atoms with van der Waals surface area (Å²) in [6.45, 7) is 0. The fourth-order valence-electron chi connectivity index (χ4n) is 0.998. The normalized spacial score (nSPS) is 10.0. The first-order valence-electron chi connectivity index (χ1n) is 3.34. The Morgan fingerprint density at radius 1 is 1.50 bits per heavy atom. The SMILES string of the molecule is O=[S+]c1nncc2[c]cccc12. The standard InChI is InChI=1S/C8H4N2OS/c11-12-8-7-4-2-1-3-6(7)5-9-10-8/h1-2,4-5H/q+1. The third kappa shape index (κ3) is 1.06. The Kier molecular flexibility index (Phi) is 1.75. The molecule has 0 bridgehead atoms. The van der Waals surface area contributed by atoms with Crippen LogP contribution in [0.4, 0.5) is 0 Å². The van der Waals surface area contributed by atoms with Crippen LogP contribution in [0.15, 0.2) is 29.4 Å². The van der Waals surface area contributed by atoms with Gasteiger partial charge in [0.25, 0.3) is 0 Å². The van der Waals surface area contributed by atoms with Gasteiger partial charge in [-0.15, -0.1) is 0 Å². The lowest BCUT2D eigenvalue weighted by Crippen LogP contribution is -1.87. The highest BCUT2D eigenvalue weighted by Crippen LogP contribution is 2.13. The van der Waals surface area contributed by atoms with Crippen molar-refractivity contribution in [1.29, 1.82) is 0 Å². The van der Waals surface area contributed by atoms with Gasteiger partial charge in [-0.2, -0.15) is 5.10 Å². The number of nitrogens with zero attached hydrogens (tertiary/aromatic N) is 2. The quantitative estimate of drug-likeness (QED) is 0.613. The molecule has 0 unspecified atom stereocenters. The van der Waals surface area contributed by atoms with Crippen LogP contribution in [0.5, 0.6) is 0 Å². The minimum Gasteiger partial charge on any atom is -0.153 e. The lowest BCUT2D eigenvalue weighted by atomic mass is 10.2. The monoisotopic (exact) mass is 176 g/mol. The largest absolute Gasteiger partial charge is 0.529 e. The molecule has 0 aliphatic carbocycles. The number of hydrogen-bond donors (Lipinski definition) is 0. The highest BCUT2D eigenvalue weighted by atomic mass is 32.1. The number of hydrogen-bond acceptors (Lipinski definition) is 3. The van der Waals surface area contributed by atoms with Crippen molar-refractivity contribution in [2.75, 3.05) is 0 Å². The molecule has 1 heterocycles. The van der Waals surface area contributed by atoms with E-state index >= 15 is 0 Å². The molecular formula is C8H4N2OS+. The fraction of sp³-hybridized carbons (Fsp3) is 0. The highest BCUT2D eigenvalue weighted by Gasteiger charge is 2.13. The second-order valence-electron chi connectivity index (χ2n) is 2.23. The molecule has 1 aromatic carbocycles. The van der Waals surface area contributed by atoms with Crippen molar-refractivity contribution in [1.82, 2.24) is 10.2 Å². The average Bonchev–Trinajstić information content (AvgIpc) is 2.17. The van der Waals surface area contributed by atoms with Gasteiger partial charge in [-0.3, -0.25) is 0 Å². The van der Waals surface area contributed by atoms with E-state index in [-0.39, 0.29) is 0 Å². The van der Waals surface area contributed by atoms with Crippen molar-refractivity contribution < 1.29 is 4.21 Å². The van der Waals surface area contributed by atoms with Crippen LogP contribution in [0.25, 0.3) is 10.8 Å². The van der Waals surface area contributed by atoms with Gasteiger partial charge in [0.15, 0.2) is 0 Å². The van der Waals surface area contributed by atoms with Crippen LogP contribution in [0.3, 0.4) is 0 Å². The Balaban J connectivity index is 2.88. The Labute approximate surface area is 72.9 Å². The molecule has 0 amide bonds. The van der Waals surface area contributed by atoms with Crippen molar-refractivity contribution in [3.8, 4) is 0 Å². The van der Waals surface area contributed by atoms with Gasteiger partial charge in [0, 0.05) is 9.60 Å². The molecule has 0 spiro atoms. The van der Waals surface area contributed by atoms with Crippen LogP contribution in [0.1, 0.15) is 0 Å². The molecular weight excluding hydrogens is 172 g/mol. The Hall–Kier alpha value is -1.42. The van der Waals surface area contributed by atoms with Gasteiger partial charge in [-0.05, 0) is 12.1 Å². The highest BCUT2D eigenvalue weighted by molar-refractivity contribution is 7.65. The molecule has 57 valence electrons. The smallest absolute Gasteiger partial charge is 0.153 e. The fourth-order valence-corrected chi connectivity index (χ4v) is 1.35. The zero-order valence-corrected chi connectivity index (χ0v) is 6.84. The minimum atomic E-state index is 0.355. The van der Waals surface area contributed by atoms with E-state index in [1.165, 1.54) is 0 Å². The molecule has 0 atom stereocenters. The molecule has 1 aromatic heterocycles. The van der Waals surface area contributed by atoms with Crippen molar-refractivity contribution >= 4 is 22.4 Å². The molecule has 0 aliphatic rings. The molecule has 4 heteroatoms. The summed E-state index contributed by atoms with van der Waals surface area (Å²) < 4.78 is 10.5. The summed E-state index contributed by atoms with van der Waals surface area (Å²) in [7, 11) is 0. The molecule has 12 heavy (non-hydrogen) atoms. The Morgan fingerprint density at radius 2 is 2.42 bits per heavy atom. The predicted molar refractivity (Wildman–Crippen MR) is 44.7 cm³/mol. The van der Waals surface area contributed by atoms with E-state index in [0.29, 0.717) is 16.7 Å². The summed E-state index contributed by atoms with van der Waals surface area (Å²) in [5.74, 6) is 0. The van der Waals surface area contributed by atoms with Gasteiger partial charge in [0.05, 0.1) is 11.6 Å². The topological polar surface area (TPSA) is 42.9 Å². The molecule has 0 N–H and O–H groups in total. The van der Waals surface area contributed by atoms with Gasteiger partial charge >= 0.3 is 16.7 Å². The van der Waals surface area contributed by atoms with Crippen molar-refractivity contribution in [3.05, 3.63) is 30.5 Å². The lowest BCUT2D eigenvalue weighted by Gasteiger charge is -1.89. The van der Waals surface area contributed by atoms with Gasteiger partial charge in [-0.25, -0.2) is 0 Å². The van der Waals surface area contributed by atoms with E-state index in [1.807, 2.05) is 12.1 Å². The second kappa shape index (κ2) is 2.91. The average molecular weight is 176 g/mol. The maximum atomic E-state index is 10.5.